The summed E-state index contributed by atoms with van der Waals surface area (Å²) >= 11 is 0. The van der Waals surface area contributed by atoms with Gasteiger partial charge in [-0.3, -0.25) is 4.79 Å². The molecule has 2 rings (SSSR count). The zero-order valence-electron chi connectivity index (χ0n) is 11.3. The molecule has 0 radical (unpaired) electrons. The molecule has 2 aromatic rings. The highest BCUT2D eigenvalue weighted by Crippen LogP contribution is 2.23. The van der Waals surface area contributed by atoms with E-state index < -0.39 is 22.0 Å². The van der Waals surface area contributed by atoms with E-state index in [0.29, 0.717) is 5.56 Å². The standard InChI is InChI=1S/C15H14O5S/c1-11(15(16)17)12-6-5-7-13(10-12)20-21(18,19)14-8-3-2-4-9-14/h2-11H,1H3,(H,16,17). The molecular formula is C15H14O5S. The van der Waals surface area contributed by atoms with Gasteiger partial charge in [0.2, 0.25) is 0 Å². The van der Waals surface area contributed by atoms with Crippen molar-refractivity contribution in [3.8, 4) is 5.75 Å². The molecule has 21 heavy (non-hydrogen) atoms. The number of rotatable bonds is 5. The minimum Gasteiger partial charge on any atom is -0.481 e. The van der Waals surface area contributed by atoms with E-state index in [1.54, 1.807) is 30.3 Å². The Morgan fingerprint density at radius 2 is 1.76 bits per heavy atom. The van der Waals surface area contributed by atoms with Gasteiger partial charge in [-0.15, -0.1) is 0 Å². The zero-order valence-corrected chi connectivity index (χ0v) is 12.1. The SMILES string of the molecule is CC(C(=O)O)c1cccc(OS(=O)(=O)c2ccccc2)c1. The molecule has 5 nitrogen and oxygen atoms in total. The molecule has 0 bridgehead atoms. The maximum absolute atomic E-state index is 12.1. The first-order valence-corrected chi connectivity index (χ1v) is 7.63. The van der Waals surface area contributed by atoms with E-state index in [1.165, 1.54) is 31.2 Å². The Morgan fingerprint density at radius 1 is 1.10 bits per heavy atom. The van der Waals surface area contributed by atoms with E-state index in [4.69, 9.17) is 9.29 Å². The quantitative estimate of drug-likeness (QED) is 0.859. The molecule has 0 aliphatic heterocycles. The molecule has 6 heteroatoms. The van der Waals surface area contributed by atoms with Crippen LogP contribution in [0.25, 0.3) is 0 Å². The number of hydrogen-bond donors (Lipinski definition) is 1. The average Bonchev–Trinajstić information content (AvgIpc) is 2.47. The average molecular weight is 306 g/mol. The van der Waals surface area contributed by atoms with Gasteiger partial charge in [0.1, 0.15) is 10.6 Å². The monoisotopic (exact) mass is 306 g/mol. The lowest BCUT2D eigenvalue weighted by Gasteiger charge is -2.10. The Kier molecular flexibility index (Phi) is 4.28. The molecule has 0 aliphatic rings. The lowest BCUT2D eigenvalue weighted by molar-refractivity contribution is -0.138. The summed E-state index contributed by atoms with van der Waals surface area (Å²) in [6, 6.07) is 13.8. The second-order valence-corrected chi connectivity index (χ2v) is 6.03. The number of carbonyl (C=O) groups is 1. The molecule has 110 valence electrons. The van der Waals surface area contributed by atoms with Crippen LogP contribution in [0.5, 0.6) is 5.75 Å². The largest absolute Gasteiger partial charge is 0.481 e. The van der Waals surface area contributed by atoms with E-state index in [0.717, 1.165) is 0 Å². The van der Waals surface area contributed by atoms with Gasteiger partial charge in [0.25, 0.3) is 0 Å². The predicted molar refractivity (Wildman–Crippen MR) is 76.7 cm³/mol. The second-order valence-electron chi connectivity index (χ2n) is 4.48. The van der Waals surface area contributed by atoms with Crippen LogP contribution in [0, 0.1) is 0 Å². The third-order valence-corrected chi connectivity index (χ3v) is 4.23. The molecule has 0 amide bonds. The van der Waals surface area contributed by atoms with Crippen LogP contribution in [0.15, 0.2) is 59.5 Å². The highest BCUT2D eigenvalue weighted by Gasteiger charge is 2.18. The first-order chi connectivity index (χ1) is 9.90. The summed E-state index contributed by atoms with van der Waals surface area (Å²) in [5.41, 5.74) is 0.475. The van der Waals surface area contributed by atoms with E-state index in [9.17, 15) is 13.2 Å². The number of carboxylic acid groups (broad SMARTS) is 1. The van der Waals surface area contributed by atoms with Gasteiger partial charge in [0, 0.05) is 0 Å². The van der Waals surface area contributed by atoms with E-state index in [-0.39, 0.29) is 10.6 Å². The first kappa shape index (κ1) is 15.1. The number of benzene rings is 2. The van der Waals surface area contributed by atoms with Gasteiger partial charge in [0.05, 0.1) is 5.92 Å². The fourth-order valence-electron chi connectivity index (χ4n) is 1.74. The van der Waals surface area contributed by atoms with Crippen LogP contribution in [0.4, 0.5) is 0 Å². The van der Waals surface area contributed by atoms with Crippen LogP contribution in [0.3, 0.4) is 0 Å². The third-order valence-electron chi connectivity index (χ3n) is 2.97. The van der Waals surface area contributed by atoms with Gasteiger partial charge in [-0.1, -0.05) is 30.3 Å². The number of carboxylic acids is 1. The van der Waals surface area contributed by atoms with Crippen molar-refractivity contribution in [3.05, 3.63) is 60.2 Å². The van der Waals surface area contributed by atoms with Crippen molar-refractivity contribution in [2.45, 2.75) is 17.7 Å². The van der Waals surface area contributed by atoms with Crippen LogP contribution >= 0.6 is 0 Å². The molecule has 1 N–H and O–H groups in total. The van der Waals surface area contributed by atoms with Gasteiger partial charge >= 0.3 is 16.1 Å². The topological polar surface area (TPSA) is 80.7 Å². The Balaban J connectivity index is 2.28. The highest BCUT2D eigenvalue weighted by atomic mass is 32.2. The second kappa shape index (κ2) is 5.97. The third kappa shape index (κ3) is 3.61. The summed E-state index contributed by atoms with van der Waals surface area (Å²) in [5.74, 6) is -1.64. The van der Waals surface area contributed by atoms with Crippen molar-refractivity contribution < 1.29 is 22.5 Å². The molecular weight excluding hydrogens is 292 g/mol. The Morgan fingerprint density at radius 3 is 2.38 bits per heavy atom. The summed E-state index contributed by atoms with van der Waals surface area (Å²) in [7, 11) is -3.92. The fourth-order valence-corrected chi connectivity index (χ4v) is 2.68. The summed E-state index contributed by atoms with van der Waals surface area (Å²) in [5, 5.41) is 8.98. The number of aliphatic carboxylic acids is 1. The van der Waals surface area contributed by atoms with Crippen molar-refractivity contribution in [1.82, 2.24) is 0 Å². The van der Waals surface area contributed by atoms with Gasteiger partial charge in [0.15, 0.2) is 0 Å². The highest BCUT2D eigenvalue weighted by molar-refractivity contribution is 7.87. The lowest BCUT2D eigenvalue weighted by atomic mass is 10.0. The number of hydrogen-bond acceptors (Lipinski definition) is 4. The maximum Gasteiger partial charge on any atom is 0.339 e. The minimum absolute atomic E-state index is 0.0432. The van der Waals surface area contributed by atoms with E-state index in [1.807, 2.05) is 0 Å². The van der Waals surface area contributed by atoms with Crippen LogP contribution in [-0.4, -0.2) is 19.5 Å². The summed E-state index contributed by atoms with van der Waals surface area (Å²) in [6.45, 7) is 1.52. The lowest BCUT2D eigenvalue weighted by Crippen LogP contribution is -2.11. The molecule has 0 aliphatic carbocycles. The molecule has 1 atom stereocenters. The maximum atomic E-state index is 12.1. The molecule has 1 unspecified atom stereocenters. The van der Waals surface area contributed by atoms with Crippen molar-refractivity contribution >= 4 is 16.1 Å². The van der Waals surface area contributed by atoms with Crippen molar-refractivity contribution in [2.24, 2.45) is 0 Å². The first-order valence-electron chi connectivity index (χ1n) is 6.22. The fraction of sp³-hybridized carbons (Fsp3) is 0.133. The van der Waals surface area contributed by atoms with Gasteiger partial charge in [-0.2, -0.15) is 8.42 Å². The smallest absolute Gasteiger partial charge is 0.339 e. The molecule has 0 fully saturated rings. The Hall–Kier alpha value is -2.34. The van der Waals surface area contributed by atoms with E-state index >= 15 is 0 Å². The van der Waals surface area contributed by atoms with Gasteiger partial charge in [-0.05, 0) is 36.8 Å². The molecule has 0 aromatic heterocycles. The van der Waals surface area contributed by atoms with Crippen LogP contribution in [-0.2, 0) is 14.9 Å². The molecule has 2 aromatic carbocycles. The minimum atomic E-state index is -3.92. The van der Waals surface area contributed by atoms with Gasteiger partial charge in [-0.25, -0.2) is 0 Å². The summed E-state index contributed by atoms with van der Waals surface area (Å²) < 4.78 is 29.2. The van der Waals surface area contributed by atoms with Crippen LogP contribution in [0.1, 0.15) is 18.4 Å². The van der Waals surface area contributed by atoms with Crippen molar-refractivity contribution in [3.63, 3.8) is 0 Å². The Labute approximate surface area is 122 Å². The molecule has 0 saturated carbocycles. The van der Waals surface area contributed by atoms with Crippen LogP contribution in [0.2, 0.25) is 0 Å². The van der Waals surface area contributed by atoms with Crippen molar-refractivity contribution in [1.29, 1.82) is 0 Å². The van der Waals surface area contributed by atoms with E-state index in [2.05, 4.69) is 0 Å². The predicted octanol–water partition coefficient (Wildman–Crippen LogP) is 2.64. The molecule has 0 spiro atoms. The van der Waals surface area contributed by atoms with Gasteiger partial charge < -0.3 is 9.29 Å². The summed E-state index contributed by atoms with van der Waals surface area (Å²) in [4.78, 5) is 11.0. The van der Waals surface area contributed by atoms with Crippen molar-refractivity contribution in [2.75, 3.05) is 0 Å². The Bertz CT molecular complexity index is 738. The normalized spacial score (nSPS) is 12.6. The zero-order chi connectivity index (χ0) is 15.5. The van der Waals surface area contributed by atoms with Crippen LogP contribution < -0.4 is 4.18 Å². The molecule has 0 heterocycles. The summed E-state index contributed by atoms with van der Waals surface area (Å²) in [6.07, 6.45) is 0. The molecule has 0 saturated heterocycles.